The van der Waals surface area contributed by atoms with Gasteiger partial charge >= 0.3 is 0 Å². The van der Waals surface area contributed by atoms with Gasteiger partial charge in [-0.1, -0.05) is 68.4 Å². The van der Waals surface area contributed by atoms with Crippen molar-refractivity contribution in [3.8, 4) is 22.5 Å². The van der Waals surface area contributed by atoms with Crippen LogP contribution in [0.4, 0.5) is 11.4 Å². The lowest BCUT2D eigenvalue weighted by atomic mass is 9.63. The highest BCUT2D eigenvalue weighted by atomic mass is 15.2. The minimum Gasteiger partial charge on any atom is -0.330 e. The number of rotatable bonds is 2. The second kappa shape index (κ2) is 7.69. The molecule has 5 heteroatoms. The van der Waals surface area contributed by atoms with E-state index in [0.717, 1.165) is 33.9 Å². The molecule has 5 nitrogen and oxygen atoms in total. The fourth-order valence-electron chi connectivity index (χ4n) is 6.42. The Hall–Kier alpha value is -4.12. The first-order valence-corrected chi connectivity index (χ1v) is 12.9. The van der Waals surface area contributed by atoms with Crippen LogP contribution in [-0.4, -0.2) is 27.2 Å². The summed E-state index contributed by atoms with van der Waals surface area (Å²) in [6, 6.07) is 19.0. The van der Waals surface area contributed by atoms with Gasteiger partial charge in [-0.25, -0.2) is 9.97 Å². The third kappa shape index (κ3) is 3.03. The van der Waals surface area contributed by atoms with Gasteiger partial charge in [-0.3, -0.25) is 9.98 Å². The molecule has 0 N–H and O–H groups in total. The van der Waals surface area contributed by atoms with Gasteiger partial charge in [0.25, 0.3) is 0 Å². The van der Waals surface area contributed by atoms with E-state index in [9.17, 15) is 0 Å². The van der Waals surface area contributed by atoms with E-state index in [2.05, 4.69) is 98.4 Å². The van der Waals surface area contributed by atoms with Crippen LogP contribution in [0.1, 0.15) is 44.5 Å². The smallest absolute Gasteiger partial charge is 0.160 e. The van der Waals surface area contributed by atoms with Crippen LogP contribution in [-0.2, 0) is 10.8 Å². The van der Waals surface area contributed by atoms with Crippen LogP contribution in [0.3, 0.4) is 0 Å². The second-order valence-electron chi connectivity index (χ2n) is 11.3. The molecule has 0 spiro atoms. The van der Waals surface area contributed by atoms with Crippen molar-refractivity contribution < 1.29 is 0 Å². The summed E-state index contributed by atoms with van der Waals surface area (Å²) in [5.41, 5.74) is 8.70. The van der Waals surface area contributed by atoms with Crippen LogP contribution in [0.25, 0.3) is 22.5 Å². The van der Waals surface area contributed by atoms with E-state index in [1.54, 1.807) is 0 Å². The number of aliphatic imine (C=N–C) groups is 1. The van der Waals surface area contributed by atoms with E-state index in [4.69, 9.17) is 15.0 Å². The third-order valence-corrected chi connectivity index (χ3v) is 8.52. The molecule has 5 heterocycles. The molecule has 4 aromatic rings. The first kappa shape index (κ1) is 22.1. The van der Waals surface area contributed by atoms with E-state index >= 15 is 0 Å². The zero-order valence-corrected chi connectivity index (χ0v) is 21.6. The number of pyridine rings is 1. The van der Waals surface area contributed by atoms with E-state index in [1.807, 2.05) is 30.9 Å². The van der Waals surface area contributed by atoms with Gasteiger partial charge in [0.05, 0.1) is 29.3 Å². The van der Waals surface area contributed by atoms with Gasteiger partial charge in [0.1, 0.15) is 0 Å². The normalized spacial score (nSPS) is 21.7. The van der Waals surface area contributed by atoms with Crippen LogP contribution in [0.5, 0.6) is 0 Å². The summed E-state index contributed by atoms with van der Waals surface area (Å²) in [5, 5.41) is 0. The molecule has 0 aliphatic carbocycles. The molecule has 7 rings (SSSR count). The van der Waals surface area contributed by atoms with Gasteiger partial charge in [0, 0.05) is 58.2 Å². The molecule has 3 aliphatic heterocycles. The number of hydrogen-bond donors (Lipinski definition) is 0. The molecule has 2 aromatic heterocycles. The summed E-state index contributed by atoms with van der Waals surface area (Å²) in [7, 11) is 0. The van der Waals surface area contributed by atoms with Gasteiger partial charge in [-0.2, -0.15) is 0 Å². The van der Waals surface area contributed by atoms with Gasteiger partial charge in [-0.15, -0.1) is 0 Å². The lowest BCUT2D eigenvalue weighted by molar-refractivity contribution is 0.352. The van der Waals surface area contributed by atoms with Gasteiger partial charge in [-0.05, 0) is 31.1 Å². The Labute approximate surface area is 217 Å². The number of benzene rings is 2. The molecule has 3 aliphatic rings. The summed E-state index contributed by atoms with van der Waals surface area (Å²) in [6.07, 6.45) is 12.4. The molecule has 0 fully saturated rings. The van der Waals surface area contributed by atoms with Crippen LogP contribution >= 0.6 is 0 Å². The molecule has 0 radical (unpaired) electrons. The van der Waals surface area contributed by atoms with E-state index in [1.165, 1.54) is 16.8 Å². The zero-order chi connectivity index (χ0) is 25.4. The maximum atomic E-state index is 5.31. The van der Waals surface area contributed by atoms with Crippen molar-refractivity contribution in [3.05, 3.63) is 102 Å². The van der Waals surface area contributed by atoms with Crippen molar-refractivity contribution in [1.29, 1.82) is 0 Å². The predicted octanol–water partition coefficient (Wildman–Crippen LogP) is 6.86. The summed E-state index contributed by atoms with van der Waals surface area (Å²) in [5.74, 6) is 0.961. The summed E-state index contributed by atoms with van der Waals surface area (Å²) in [4.78, 5) is 22.0. The Bertz CT molecular complexity index is 1600. The third-order valence-electron chi connectivity index (χ3n) is 8.52. The molecule has 0 saturated heterocycles. The average molecular weight is 484 g/mol. The summed E-state index contributed by atoms with van der Waals surface area (Å²) < 4.78 is 0. The van der Waals surface area contributed by atoms with E-state index < -0.39 is 0 Å². The molecule has 37 heavy (non-hydrogen) atoms. The van der Waals surface area contributed by atoms with E-state index in [0.29, 0.717) is 0 Å². The zero-order valence-electron chi connectivity index (χ0n) is 21.6. The average Bonchev–Trinajstić information content (AvgIpc) is 2.93. The second-order valence-corrected chi connectivity index (χ2v) is 11.3. The minimum atomic E-state index is -0.334. The van der Waals surface area contributed by atoms with Crippen LogP contribution < -0.4 is 4.90 Å². The Morgan fingerprint density at radius 1 is 0.811 bits per heavy atom. The highest BCUT2D eigenvalue weighted by Gasteiger charge is 2.51. The van der Waals surface area contributed by atoms with Gasteiger partial charge in [0.2, 0.25) is 0 Å². The van der Waals surface area contributed by atoms with Crippen LogP contribution in [0, 0.1) is 5.92 Å². The largest absolute Gasteiger partial charge is 0.330 e. The molecule has 0 amide bonds. The maximum absolute atomic E-state index is 5.31. The van der Waals surface area contributed by atoms with E-state index in [-0.39, 0.29) is 22.8 Å². The number of nitrogens with zero attached hydrogens (tertiary/aromatic N) is 5. The highest BCUT2D eigenvalue weighted by Crippen LogP contribution is 2.57. The van der Waals surface area contributed by atoms with Crippen LogP contribution in [0.2, 0.25) is 0 Å². The lowest BCUT2D eigenvalue weighted by Gasteiger charge is -2.54. The molecule has 2 unspecified atom stereocenters. The Morgan fingerprint density at radius 2 is 1.54 bits per heavy atom. The minimum absolute atomic E-state index is 0.100. The number of anilines is 2. The Balaban J connectivity index is 1.46. The number of aromatic nitrogens is 3. The first-order valence-electron chi connectivity index (χ1n) is 12.9. The molecular weight excluding hydrogens is 454 g/mol. The number of fused-ring (bicyclic) bond motifs is 4. The monoisotopic (exact) mass is 483 g/mol. The Morgan fingerprint density at radius 3 is 2.35 bits per heavy atom. The van der Waals surface area contributed by atoms with Crippen molar-refractivity contribution in [2.24, 2.45) is 10.9 Å². The van der Waals surface area contributed by atoms with Crippen molar-refractivity contribution >= 4 is 17.6 Å². The van der Waals surface area contributed by atoms with Gasteiger partial charge in [0.15, 0.2) is 5.82 Å². The quantitative estimate of drug-likeness (QED) is 0.313. The fraction of sp³-hybridized carbons (Fsp3) is 0.250. The lowest BCUT2D eigenvalue weighted by Crippen LogP contribution is -2.54. The van der Waals surface area contributed by atoms with Crippen molar-refractivity contribution in [3.63, 3.8) is 0 Å². The SMILES string of the molecule is CC1(C)c2cncc3c2N(c2cnc(-c4ccccc4-c4ccccc4)nc21)C1C=CN=CC1C3(C)C. The topological polar surface area (TPSA) is 54.3 Å². The first-order chi connectivity index (χ1) is 17.9. The van der Waals surface area contributed by atoms with Gasteiger partial charge < -0.3 is 4.90 Å². The van der Waals surface area contributed by atoms with Crippen molar-refractivity contribution in [2.75, 3.05) is 4.90 Å². The predicted molar refractivity (Wildman–Crippen MR) is 149 cm³/mol. The number of hydrogen-bond acceptors (Lipinski definition) is 5. The maximum Gasteiger partial charge on any atom is 0.160 e. The molecule has 2 atom stereocenters. The van der Waals surface area contributed by atoms with Crippen molar-refractivity contribution in [1.82, 2.24) is 15.0 Å². The Kier molecular flexibility index (Phi) is 4.59. The van der Waals surface area contributed by atoms with Crippen molar-refractivity contribution in [2.45, 2.75) is 44.6 Å². The summed E-state index contributed by atoms with van der Waals surface area (Å²) in [6.45, 7) is 9.15. The standard InChI is InChI=1S/C32H29N5/c1-31(2)23-16-33-15-14-26(23)37-27-19-35-30(22-13-9-8-12-21(22)20-10-6-5-7-11-20)36-29(27)32(3,4)25-18-34-17-24(31)28(25)37/h5-19,23,26H,1-4H3. The molecule has 0 bridgehead atoms. The molecular formula is C32H29N5. The highest BCUT2D eigenvalue weighted by molar-refractivity contribution is 5.86. The fourth-order valence-corrected chi connectivity index (χ4v) is 6.42. The van der Waals surface area contributed by atoms with Crippen LogP contribution in [0.15, 0.2) is 90.5 Å². The molecule has 182 valence electrons. The molecule has 2 aromatic carbocycles. The summed E-state index contributed by atoms with van der Waals surface area (Å²) >= 11 is 0. The molecule has 0 saturated carbocycles.